The molecule has 0 spiro atoms. The zero-order valence-electron chi connectivity index (χ0n) is 12.3. The molecule has 1 aliphatic rings. The van der Waals surface area contributed by atoms with Gasteiger partial charge in [-0.15, -0.1) is 0 Å². The molecule has 20 heavy (non-hydrogen) atoms. The van der Waals surface area contributed by atoms with Crippen LogP contribution in [0, 0.1) is 5.41 Å². The Kier molecular flexibility index (Phi) is 3.97. The average Bonchev–Trinajstić information content (AvgIpc) is 2.35. The van der Waals surface area contributed by atoms with Gasteiger partial charge in [0.05, 0.1) is 16.3 Å². The molecule has 1 aliphatic carbocycles. The van der Waals surface area contributed by atoms with E-state index in [1.165, 1.54) is 37.7 Å². The first-order valence-electron chi connectivity index (χ1n) is 6.81. The standard InChI is InChI=1S/C14H23N3O2S/c1-14(7-4-8-14)10-16-13-9-11(5-6-12(13)15)20(18,19)17(2)3/h5-6,9,16H,4,7-8,10,15H2,1-3H3. The number of rotatable bonds is 5. The Bertz CT molecular complexity index is 592. The largest absolute Gasteiger partial charge is 0.397 e. The molecule has 0 aliphatic heterocycles. The lowest BCUT2D eigenvalue weighted by Gasteiger charge is -2.38. The molecule has 5 nitrogen and oxygen atoms in total. The molecule has 112 valence electrons. The van der Waals surface area contributed by atoms with Crippen LogP contribution < -0.4 is 11.1 Å². The van der Waals surface area contributed by atoms with Crippen molar-refractivity contribution in [3.05, 3.63) is 18.2 Å². The topological polar surface area (TPSA) is 75.4 Å². The zero-order valence-corrected chi connectivity index (χ0v) is 13.1. The molecule has 3 N–H and O–H groups in total. The molecule has 0 unspecified atom stereocenters. The molecule has 1 saturated carbocycles. The minimum absolute atomic E-state index is 0.262. The van der Waals surface area contributed by atoms with Gasteiger partial charge in [-0.2, -0.15) is 0 Å². The Balaban J connectivity index is 2.21. The number of nitrogens with one attached hydrogen (secondary N) is 1. The molecule has 0 bridgehead atoms. The molecular formula is C14H23N3O2S. The summed E-state index contributed by atoms with van der Waals surface area (Å²) in [6.07, 6.45) is 3.67. The van der Waals surface area contributed by atoms with Gasteiger partial charge in [-0.3, -0.25) is 0 Å². The Hall–Kier alpha value is -1.27. The van der Waals surface area contributed by atoms with Crippen LogP contribution in [0.4, 0.5) is 11.4 Å². The van der Waals surface area contributed by atoms with Gasteiger partial charge in [0.25, 0.3) is 0 Å². The highest BCUT2D eigenvalue weighted by Crippen LogP contribution is 2.40. The maximum atomic E-state index is 12.1. The monoisotopic (exact) mass is 297 g/mol. The quantitative estimate of drug-likeness (QED) is 0.816. The normalized spacial score (nSPS) is 17.8. The van der Waals surface area contributed by atoms with E-state index >= 15 is 0 Å². The summed E-state index contributed by atoms with van der Waals surface area (Å²) in [5.74, 6) is 0. The SMILES string of the molecule is CN(C)S(=O)(=O)c1ccc(N)c(NCC2(C)CCC2)c1. The maximum absolute atomic E-state index is 12.1. The van der Waals surface area contributed by atoms with E-state index in [-0.39, 0.29) is 4.90 Å². The predicted octanol–water partition coefficient (Wildman–Crippen LogP) is 2.12. The van der Waals surface area contributed by atoms with E-state index in [4.69, 9.17) is 5.73 Å². The van der Waals surface area contributed by atoms with Crippen molar-refractivity contribution in [2.75, 3.05) is 31.7 Å². The Morgan fingerprint density at radius 2 is 2.00 bits per heavy atom. The first-order valence-corrected chi connectivity index (χ1v) is 8.25. The number of nitrogens with two attached hydrogens (primary N) is 1. The number of hydrogen-bond acceptors (Lipinski definition) is 4. The van der Waals surface area contributed by atoms with E-state index in [0.29, 0.717) is 16.8 Å². The summed E-state index contributed by atoms with van der Waals surface area (Å²) in [6, 6.07) is 4.80. The zero-order chi connectivity index (χ0) is 15.0. The molecular weight excluding hydrogens is 274 g/mol. The van der Waals surface area contributed by atoms with Crippen LogP contribution in [0.5, 0.6) is 0 Å². The molecule has 2 rings (SSSR count). The van der Waals surface area contributed by atoms with Crippen molar-refractivity contribution in [1.82, 2.24) is 4.31 Å². The molecule has 6 heteroatoms. The Morgan fingerprint density at radius 3 is 2.50 bits per heavy atom. The third kappa shape index (κ3) is 2.91. The van der Waals surface area contributed by atoms with E-state index < -0.39 is 10.0 Å². The van der Waals surface area contributed by atoms with E-state index in [2.05, 4.69) is 12.2 Å². The highest BCUT2D eigenvalue weighted by atomic mass is 32.2. The second kappa shape index (κ2) is 5.26. The van der Waals surface area contributed by atoms with Crippen molar-refractivity contribution in [3.8, 4) is 0 Å². The molecule has 0 radical (unpaired) electrons. The number of nitrogen functional groups attached to an aromatic ring is 1. The highest BCUT2D eigenvalue weighted by Gasteiger charge is 2.31. The highest BCUT2D eigenvalue weighted by molar-refractivity contribution is 7.89. The second-order valence-electron chi connectivity index (χ2n) is 6.05. The van der Waals surface area contributed by atoms with Gasteiger partial charge in [0, 0.05) is 20.6 Å². The van der Waals surface area contributed by atoms with Crippen molar-refractivity contribution in [2.24, 2.45) is 5.41 Å². The van der Waals surface area contributed by atoms with Gasteiger partial charge in [0.15, 0.2) is 0 Å². The molecule has 1 aromatic carbocycles. The molecule has 1 fully saturated rings. The third-order valence-electron chi connectivity index (χ3n) is 4.07. The summed E-state index contributed by atoms with van der Waals surface area (Å²) < 4.78 is 25.4. The van der Waals surface area contributed by atoms with Gasteiger partial charge < -0.3 is 11.1 Å². The Morgan fingerprint density at radius 1 is 1.35 bits per heavy atom. The van der Waals surface area contributed by atoms with E-state index in [9.17, 15) is 8.42 Å². The van der Waals surface area contributed by atoms with Crippen molar-refractivity contribution in [2.45, 2.75) is 31.1 Å². The average molecular weight is 297 g/mol. The summed E-state index contributed by atoms with van der Waals surface area (Å²) in [5, 5.41) is 3.30. The molecule has 0 amide bonds. The fourth-order valence-electron chi connectivity index (χ4n) is 2.33. The van der Waals surface area contributed by atoms with Crippen LogP contribution in [-0.4, -0.2) is 33.4 Å². The van der Waals surface area contributed by atoms with Gasteiger partial charge in [0.2, 0.25) is 10.0 Å². The summed E-state index contributed by atoms with van der Waals surface area (Å²) in [5.41, 5.74) is 7.51. The molecule has 0 saturated heterocycles. The summed E-state index contributed by atoms with van der Waals surface area (Å²) in [6.45, 7) is 3.06. The van der Waals surface area contributed by atoms with Gasteiger partial charge in [0.1, 0.15) is 0 Å². The predicted molar refractivity (Wildman–Crippen MR) is 82.2 cm³/mol. The van der Waals surface area contributed by atoms with E-state index in [1.807, 2.05) is 0 Å². The van der Waals surface area contributed by atoms with Crippen LogP contribution in [-0.2, 0) is 10.0 Å². The van der Waals surface area contributed by atoms with Gasteiger partial charge in [-0.05, 0) is 36.5 Å². The molecule has 1 aromatic rings. The van der Waals surface area contributed by atoms with Crippen LogP contribution in [0.1, 0.15) is 26.2 Å². The summed E-state index contributed by atoms with van der Waals surface area (Å²) in [7, 11) is -0.380. The Labute approximate surface area is 121 Å². The number of sulfonamides is 1. The van der Waals surface area contributed by atoms with E-state index in [0.717, 1.165) is 6.54 Å². The number of anilines is 2. The third-order valence-corrected chi connectivity index (χ3v) is 5.88. The fraction of sp³-hybridized carbons (Fsp3) is 0.571. The van der Waals surface area contributed by atoms with Crippen LogP contribution in [0.15, 0.2) is 23.1 Å². The molecule has 0 heterocycles. The van der Waals surface area contributed by atoms with Crippen LogP contribution >= 0.6 is 0 Å². The lowest BCUT2D eigenvalue weighted by molar-refractivity contribution is 0.180. The number of hydrogen-bond donors (Lipinski definition) is 2. The maximum Gasteiger partial charge on any atom is 0.242 e. The molecule has 0 aromatic heterocycles. The van der Waals surface area contributed by atoms with Crippen molar-refractivity contribution >= 4 is 21.4 Å². The number of nitrogens with zero attached hydrogens (tertiary/aromatic N) is 1. The van der Waals surface area contributed by atoms with Crippen LogP contribution in [0.2, 0.25) is 0 Å². The van der Waals surface area contributed by atoms with Gasteiger partial charge >= 0.3 is 0 Å². The van der Waals surface area contributed by atoms with Gasteiger partial charge in [-0.25, -0.2) is 12.7 Å². The lowest BCUT2D eigenvalue weighted by atomic mass is 9.70. The van der Waals surface area contributed by atoms with Crippen molar-refractivity contribution < 1.29 is 8.42 Å². The second-order valence-corrected chi connectivity index (χ2v) is 8.21. The van der Waals surface area contributed by atoms with E-state index in [1.54, 1.807) is 18.2 Å². The number of benzene rings is 1. The first-order chi connectivity index (χ1) is 9.24. The van der Waals surface area contributed by atoms with Crippen molar-refractivity contribution in [3.63, 3.8) is 0 Å². The summed E-state index contributed by atoms with van der Waals surface area (Å²) in [4.78, 5) is 0.262. The van der Waals surface area contributed by atoms with Crippen LogP contribution in [0.25, 0.3) is 0 Å². The van der Waals surface area contributed by atoms with Crippen molar-refractivity contribution in [1.29, 1.82) is 0 Å². The lowest BCUT2D eigenvalue weighted by Crippen LogP contribution is -2.33. The first kappa shape index (κ1) is 15.1. The van der Waals surface area contributed by atoms with Gasteiger partial charge in [-0.1, -0.05) is 13.3 Å². The summed E-state index contributed by atoms with van der Waals surface area (Å²) >= 11 is 0. The van der Waals surface area contributed by atoms with Crippen LogP contribution in [0.3, 0.4) is 0 Å². The minimum Gasteiger partial charge on any atom is -0.397 e. The fourth-order valence-corrected chi connectivity index (χ4v) is 3.25. The molecule has 0 atom stereocenters. The smallest absolute Gasteiger partial charge is 0.242 e. The minimum atomic E-state index is -3.42.